The molecule has 12 atom stereocenters. The molecular formula is C35H58O8. The third kappa shape index (κ3) is 9.59. The average Bonchev–Trinajstić information content (AvgIpc) is 2.93. The SMILES string of the molecule is COC1/C=C\C=C(\C)CC(C)C(O)C(C)/C=C(C)\C=C(\C)C(=O)OC1C(C)C(O)C(C)C1(O)CC(O)C(C)C(C(C)C)O1. The Hall–Kier alpha value is -1.81. The lowest BCUT2D eigenvalue weighted by molar-refractivity contribution is -0.328. The summed E-state index contributed by atoms with van der Waals surface area (Å²) in [7, 11) is 1.52. The van der Waals surface area contributed by atoms with Crippen molar-refractivity contribution in [2.24, 2.45) is 35.5 Å². The van der Waals surface area contributed by atoms with Crippen LogP contribution in [0.1, 0.15) is 82.1 Å². The van der Waals surface area contributed by atoms with E-state index in [1.165, 1.54) is 7.11 Å². The van der Waals surface area contributed by atoms with Gasteiger partial charge < -0.3 is 34.6 Å². The van der Waals surface area contributed by atoms with Crippen molar-refractivity contribution in [1.82, 2.24) is 0 Å². The zero-order valence-corrected chi connectivity index (χ0v) is 28.2. The van der Waals surface area contributed by atoms with Gasteiger partial charge in [-0.15, -0.1) is 0 Å². The van der Waals surface area contributed by atoms with E-state index in [1.807, 2.05) is 66.7 Å². The molecule has 0 radical (unpaired) electrons. The first-order valence-corrected chi connectivity index (χ1v) is 15.8. The van der Waals surface area contributed by atoms with Gasteiger partial charge in [0.25, 0.3) is 0 Å². The van der Waals surface area contributed by atoms with Crippen LogP contribution in [0.2, 0.25) is 0 Å². The summed E-state index contributed by atoms with van der Waals surface area (Å²) in [6, 6.07) is 0. The van der Waals surface area contributed by atoms with Crippen LogP contribution in [0.15, 0.2) is 47.1 Å². The molecule has 4 N–H and O–H groups in total. The summed E-state index contributed by atoms with van der Waals surface area (Å²) in [6.07, 6.45) is 5.44. The maximum Gasteiger partial charge on any atom is 0.334 e. The number of hydrogen-bond acceptors (Lipinski definition) is 8. The first kappa shape index (κ1) is 37.4. The zero-order valence-electron chi connectivity index (χ0n) is 28.2. The van der Waals surface area contributed by atoms with Gasteiger partial charge in [-0.3, -0.25) is 0 Å². The van der Waals surface area contributed by atoms with Gasteiger partial charge in [-0.2, -0.15) is 0 Å². The molecule has 8 nitrogen and oxygen atoms in total. The highest BCUT2D eigenvalue weighted by Gasteiger charge is 2.51. The minimum Gasteiger partial charge on any atom is -0.456 e. The third-order valence-corrected chi connectivity index (χ3v) is 9.48. The van der Waals surface area contributed by atoms with Crippen LogP contribution in [0.4, 0.5) is 0 Å². The van der Waals surface area contributed by atoms with Crippen LogP contribution in [-0.2, 0) is 19.0 Å². The summed E-state index contributed by atoms with van der Waals surface area (Å²) >= 11 is 0. The minimum atomic E-state index is -1.77. The smallest absolute Gasteiger partial charge is 0.334 e. The van der Waals surface area contributed by atoms with Gasteiger partial charge in [-0.1, -0.05) is 83.9 Å². The second-order valence-corrected chi connectivity index (χ2v) is 13.7. The highest BCUT2D eigenvalue weighted by molar-refractivity contribution is 5.88. The maximum absolute atomic E-state index is 13.4. The van der Waals surface area contributed by atoms with Gasteiger partial charge in [0.15, 0.2) is 5.79 Å². The van der Waals surface area contributed by atoms with Crippen molar-refractivity contribution in [2.45, 2.75) is 124 Å². The lowest BCUT2D eigenvalue weighted by Crippen LogP contribution is -2.59. The average molecular weight is 607 g/mol. The lowest BCUT2D eigenvalue weighted by Gasteiger charge is -2.49. The second-order valence-electron chi connectivity index (χ2n) is 13.7. The summed E-state index contributed by atoms with van der Waals surface area (Å²) in [5, 5.41) is 44.9. The van der Waals surface area contributed by atoms with Crippen molar-refractivity contribution in [3.05, 3.63) is 47.1 Å². The molecule has 2 aliphatic rings. The van der Waals surface area contributed by atoms with Crippen LogP contribution in [-0.4, -0.2) is 75.9 Å². The topological polar surface area (TPSA) is 126 Å². The van der Waals surface area contributed by atoms with Crippen molar-refractivity contribution in [1.29, 1.82) is 0 Å². The van der Waals surface area contributed by atoms with Crippen LogP contribution in [0.5, 0.6) is 0 Å². The van der Waals surface area contributed by atoms with Crippen LogP contribution in [0, 0.1) is 35.5 Å². The number of hydrogen-bond donors (Lipinski definition) is 4. The molecule has 0 bridgehead atoms. The number of methoxy groups -OCH3 is 1. The predicted octanol–water partition coefficient (Wildman–Crippen LogP) is 5.11. The molecule has 0 aromatic rings. The maximum atomic E-state index is 13.4. The summed E-state index contributed by atoms with van der Waals surface area (Å²) < 4.78 is 18.0. The Morgan fingerprint density at radius 2 is 1.67 bits per heavy atom. The largest absolute Gasteiger partial charge is 0.456 e. The fraction of sp³-hybridized carbons (Fsp3) is 0.743. The first-order chi connectivity index (χ1) is 19.9. The van der Waals surface area contributed by atoms with Gasteiger partial charge in [0.2, 0.25) is 0 Å². The molecule has 0 amide bonds. The molecule has 1 saturated heterocycles. The molecule has 1 fully saturated rings. The summed E-state index contributed by atoms with van der Waals surface area (Å²) in [5.74, 6) is -4.03. The fourth-order valence-corrected chi connectivity index (χ4v) is 6.57. The van der Waals surface area contributed by atoms with Crippen LogP contribution in [0.25, 0.3) is 0 Å². The molecule has 2 rings (SSSR count). The molecule has 2 aliphatic heterocycles. The lowest BCUT2D eigenvalue weighted by atomic mass is 9.76. The van der Waals surface area contributed by atoms with Crippen molar-refractivity contribution >= 4 is 5.97 Å². The van der Waals surface area contributed by atoms with E-state index in [0.717, 1.165) is 11.1 Å². The number of allylic oxidation sites excluding steroid dienone is 5. The Morgan fingerprint density at radius 3 is 2.26 bits per heavy atom. The minimum absolute atomic E-state index is 0.0267. The van der Waals surface area contributed by atoms with Gasteiger partial charge in [0.05, 0.1) is 24.4 Å². The Bertz CT molecular complexity index is 1040. The molecule has 0 aliphatic carbocycles. The van der Waals surface area contributed by atoms with Gasteiger partial charge in [-0.25, -0.2) is 4.79 Å². The van der Waals surface area contributed by atoms with E-state index >= 15 is 0 Å². The first-order valence-electron chi connectivity index (χ1n) is 15.8. The van der Waals surface area contributed by atoms with E-state index in [0.29, 0.717) is 12.0 Å². The standard InChI is InChI=1S/C35H58O8/c1-19(2)32-25(8)28(36)18-35(40,43-32)27(10)31(38)26(9)33-29(41-11)14-12-13-20(3)15-22(5)30(37)23(6)16-21(4)17-24(7)34(39)42-33/h12-14,16-17,19,22-23,25-33,36-38,40H,15,18H2,1-11H3/b14-12-,20-13-,21-16-,24-17-. The number of esters is 1. The normalized spacial score (nSPS) is 42.0. The number of aliphatic hydroxyl groups excluding tert-OH is 3. The molecular weight excluding hydrogens is 548 g/mol. The van der Waals surface area contributed by atoms with Gasteiger partial charge in [0.1, 0.15) is 12.2 Å². The zero-order chi connectivity index (χ0) is 32.8. The summed E-state index contributed by atoms with van der Waals surface area (Å²) in [6.45, 7) is 18.9. The second kappa shape index (κ2) is 16.0. The number of ether oxygens (including phenoxy) is 3. The number of cyclic esters (lactones) is 1. The van der Waals surface area contributed by atoms with E-state index in [9.17, 15) is 25.2 Å². The molecule has 12 unspecified atom stereocenters. The van der Waals surface area contributed by atoms with E-state index < -0.39 is 54.1 Å². The van der Waals surface area contributed by atoms with Crippen molar-refractivity contribution in [2.75, 3.05) is 7.11 Å². The number of carbonyl (C=O) groups excluding carboxylic acids is 1. The van der Waals surface area contributed by atoms with Gasteiger partial charge >= 0.3 is 5.97 Å². The quantitative estimate of drug-likeness (QED) is 0.308. The van der Waals surface area contributed by atoms with E-state index in [2.05, 4.69) is 0 Å². The summed E-state index contributed by atoms with van der Waals surface area (Å²) in [5.41, 5.74) is 2.28. The van der Waals surface area contributed by atoms with Crippen molar-refractivity contribution in [3.63, 3.8) is 0 Å². The van der Waals surface area contributed by atoms with E-state index in [-0.39, 0.29) is 36.2 Å². The molecule has 246 valence electrons. The molecule has 0 spiro atoms. The Kier molecular flexibility index (Phi) is 13.9. The molecule has 0 aromatic heterocycles. The van der Waals surface area contributed by atoms with Gasteiger partial charge in [-0.05, 0) is 45.1 Å². The molecule has 43 heavy (non-hydrogen) atoms. The van der Waals surface area contributed by atoms with Crippen LogP contribution in [0.3, 0.4) is 0 Å². The Morgan fingerprint density at radius 1 is 1.05 bits per heavy atom. The van der Waals surface area contributed by atoms with Crippen LogP contribution >= 0.6 is 0 Å². The summed E-state index contributed by atoms with van der Waals surface area (Å²) in [4.78, 5) is 13.4. The van der Waals surface area contributed by atoms with E-state index in [4.69, 9.17) is 14.2 Å². The van der Waals surface area contributed by atoms with E-state index in [1.54, 1.807) is 32.9 Å². The third-order valence-electron chi connectivity index (χ3n) is 9.48. The van der Waals surface area contributed by atoms with Gasteiger partial charge in [0, 0.05) is 42.8 Å². The Balaban J connectivity index is 2.48. The number of carbonyl (C=O) groups is 1. The predicted molar refractivity (Wildman–Crippen MR) is 169 cm³/mol. The monoisotopic (exact) mass is 606 g/mol. The highest BCUT2D eigenvalue weighted by atomic mass is 16.6. The van der Waals surface area contributed by atoms with Crippen molar-refractivity contribution in [3.8, 4) is 0 Å². The number of rotatable bonds is 6. The van der Waals surface area contributed by atoms with Crippen molar-refractivity contribution < 1.29 is 39.4 Å². The number of aliphatic hydroxyl groups is 4. The Labute approximate surface area is 259 Å². The fourth-order valence-electron chi connectivity index (χ4n) is 6.57. The molecule has 8 heteroatoms. The molecule has 2 heterocycles. The molecule has 0 aromatic carbocycles. The molecule has 0 saturated carbocycles. The highest BCUT2D eigenvalue weighted by Crippen LogP contribution is 2.41. The van der Waals surface area contributed by atoms with Crippen LogP contribution < -0.4 is 0 Å².